The maximum atomic E-state index is 11.4. The van der Waals surface area contributed by atoms with Crippen LogP contribution < -0.4 is 0 Å². The van der Waals surface area contributed by atoms with Gasteiger partial charge in [-0.3, -0.25) is 4.79 Å². The third-order valence-corrected chi connectivity index (χ3v) is 3.41. The van der Waals surface area contributed by atoms with E-state index in [9.17, 15) is 4.79 Å². The fourth-order valence-corrected chi connectivity index (χ4v) is 1.99. The predicted octanol–water partition coefficient (Wildman–Crippen LogP) is 2.72. The van der Waals surface area contributed by atoms with Crippen molar-refractivity contribution in [3.05, 3.63) is 0 Å². The van der Waals surface area contributed by atoms with Crippen LogP contribution in [0.3, 0.4) is 0 Å². The third-order valence-electron chi connectivity index (χ3n) is 2.16. The van der Waals surface area contributed by atoms with E-state index in [4.69, 9.17) is 4.74 Å². The first kappa shape index (κ1) is 12.8. The first-order valence-electron chi connectivity index (χ1n) is 4.39. The maximum Gasteiger partial charge on any atom is 0.311 e. The molecule has 0 unspecified atom stereocenters. The third kappa shape index (κ3) is 4.03. The molecule has 0 fully saturated rings. The second-order valence-electron chi connectivity index (χ2n) is 4.52. The second kappa shape index (κ2) is 4.36. The number of hydrogen-bond acceptors (Lipinski definition) is 3. The summed E-state index contributed by atoms with van der Waals surface area (Å²) in [7, 11) is 1.44. The van der Waals surface area contributed by atoms with Gasteiger partial charge in [-0.2, -0.15) is 11.8 Å². The number of ether oxygens (including phenoxy) is 1. The van der Waals surface area contributed by atoms with Gasteiger partial charge >= 0.3 is 5.97 Å². The number of methoxy groups -OCH3 is 1. The van der Waals surface area contributed by atoms with Gasteiger partial charge in [-0.1, -0.05) is 13.8 Å². The molecule has 0 bridgehead atoms. The lowest BCUT2D eigenvalue weighted by Gasteiger charge is -2.31. The lowest BCUT2D eigenvalue weighted by molar-refractivity contribution is -0.151. The van der Waals surface area contributed by atoms with Crippen molar-refractivity contribution in [2.45, 2.75) is 38.9 Å². The Bertz CT molecular complexity index is 185. The molecule has 0 spiro atoms. The summed E-state index contributed by atoms with van der Waals surface area (Å²) in [5.41, 5.74) is -0.388. The number of esters is 1. The molecule has 0 radical (unpaired) electrons. The minimum atomic E-state index is -0.388. The van der Waals surface area contributed by atoms with Gasteiger partial charge < -0.3 is 4.74 Å². The Balaban J connectivity index is 4.41. The molecular formula is C10H20O2S. The minimum Gasteiger partial charge on any atom is -0.469 e. The summed E-state index contributed by atoms with van der Waals surface area (Å²) in [5, 5.41) is 0. The molecule has 0 aliphatic rings. The van der Waals surface area contributed by atoms with Crippen LogP contribution in [0, 0.1) is 5.41 Å². The molecule has 0 aromatic carbocycles. The fraction of sp³-hybridized carbons (Fsp3) is 0.900. The summed E-state index contributed by atoms with van der Waals surface area (Å²) in [4.78, 5) is 11.4. The van der Waals surface area contributed by atoms with Gasteiger partial charge in [0.1, 0.15) is 0 Å². The van der Waals surface area contributed by atoms with Gasteiger partial charge in [-0.15, -0.1) is 0 Å². The van der Waals surface area contributed by atoms with E-state index in [-0.39, 0.29) is 16.1 Å². The van der Waals surface area contributed by atoms with Crippen molar-refractivity contribution in [2.75, 3.05) is 13.4 Å². The Morgan fingerprint density at radius 3 is 2.08 bits per heavy atom. The first-order chi connectivity index (χ1) is 5.75. The van der Waals surface area contributed by atoms with Gasteiger partial charge in [0, 0.05) is 4.75 Å². The lowest BCUT2D eigenvalue weighted by Crippen LogP contribution is -2.33. The number of rotatable bonds is 4. The van der Waals surface area contributed by atoms with Crippen LogP contribution in [0.1, 0.15) is 34.1 Å². The van der Waals surface area contributed by atoms with Crippen LogP contribution in [0.5, 0.6) is 0 Å². The summed E-state index contributed by atoms with van der Waals surface area (Å²) in [5.74, 6) is -0.130. The number of carbonyl (C=O) groups is 1. The molecule has 0 atom stereocenters. The molecule has 13 heavy (non-hydrogen) atoms. The van der Waals surface area contributed by atoms with Crippen LogP contribution in [-0.4, -0.2) is 24.1 Å². The molecule has 2 nitrogen and oxygen atoms in total. The monoisotopic (exact) mass is 204 g/mol. The SMILES string of the molecule is COC(=O)C(C)(C)CC(C)(C)SC. The van der Waals surface area contributed by atoms with E-state index in [0.29, 0.717) is 0 Å². The molecule has 0 aromatic rings. The van der Waals surface area contributed by atoms with Gasteiger partial charge in [0.15, 0.2) is 0 Å². The average Bonchev–Trinajstić information content (AvgIpc) is 2.01. The van der Waals surface area contributed by atoms with E-state index in [1.54, 1.807) is 11.8 Å². The summed E-state index contributed by atoms with van der Waals surface area (Å²) in [6.45, 7) is 8.14. The smallest absolute Gasteiger partial charge is 0.311 e. The van der Waals surface area contributed by atoms with Crippen LogP contribution in [0.2, 0.25) is 0 Å². The van der Waals surface area contributed by atoms with E-state index in [2.05, 4.69) is 20.1 Å². The predicted molar refractivity (Wildman–Crippen MR) is 58.0 cm³/mol. The van der Waals surface area contributed by atoms with E-state index in [0.717, 1.165) is 6.42 Å². The molecule has 3 heteroatoms. The summed E-state index contributed by atoms with van der Waals surface area (Å²) in [6, 6.07) is 0. The Morgan fingerprint density at radius 2 is 1.77 bits per heavy atom. The normalized spacial score (nSPS) is 12.8. The molecule has 0 rings (SSSR count). The molecule has 0 aromatic heterocycles. The van der Waals surface area contributed by atoms with Crippen LogP contribution in [-0.2, 0) is 9.53 Å². The zero-order valence-electron chi connectivity index (χ0n) is 9.43. The molecule has 0 N–H and O–H groups in total. The average molecular weight is 204 g/mol. The largest absolute Gasteiger partial charge is 0.469 e. The Kier molecular flexibility index (Phi) is 4.30. The van der Waals surface area contributed by atoms with Gasteiger partial charge in [-0.05, 0) is 26.5 Å². The van der Waals surface area contributed by atoms with E-state index in [1.165, 1.54) is 7.11 Å². The van der Waals surface area contributed by atoms with Crippen LogP contribution in [0.15, 0.2) is 0 Å². The van der Waals surface area contributed by atoms with Crippen molar-refractivity contribution < 1.29 is 9.53 Å². The minimum absolute atomic E-state index is 0.123. The molecular weight excluding hydrogens is 184 g/mol. The summed E-state index contributed by atoms with van der Waals surface area (Å²) >= 11 is 1.77. The van der Waals surface area contributed by atoms with Crippen LogP contribution >= 0.6 is 11.8 Å². The van der Waals surface area contributed by atoms with E-state index >= 15 is 0 Å². The number of hydrogen-bond donors (Lipinski definition) is 0. The lowest BCUT2D eigenvalue weighted by atomic mass is 9.83. The van der Waals surface area contributed by atoms with E-state index < -0.39 is 0 Å². The van der Waals surface area contributed by atoms with Crippen molar-refractivity contribution >= 4 is 17.7 Å². The topological polar surface area (TPSA) is 26.3 Å². The van der Waals surface area contributed by atoms with Crippen molar-refractivity contribution in [3.8, 4) is 0 Å². The highest BCUT2D eigenvalue weighted by atomic mass is 32.2. The molecule has 0 saturated carbocycles. The Morgan fingerprint density at radius 1 is 1.31 bits per heavy atom. The van der Waals surface area contributed by atoms with Gasteiger partial charge in [-0.25, -0.2) is 0 Å². The zero-order valence-corrected chi connectivity index (χ0v) is 10.2. The molecule has 78 valence electrons. The van der Waals surface area contributed by atoms with Gasteiger partial charge in [0.2, 0.25) is 0 Å². The highest BCUT2D eigenvalue weighted by Crippen LogP contribution is 2.36. The van der Waals surface area contributed by atoms with Crippen LogP contribution in [0.25, 0.3) is 0 Å². The quantitative estimate of drug-likeness (QED) is 0.659. The first-order valence-corrected chi connectivity index (χ1v) is 5.61. The molecule has 0 aliphatic heterocycles. The van der Waals surface area contributed by atoms with E-state index in [1.807, 2.05) is 13.8 Å². The Labute approximate surface area is 85.4 Å². The van der Waals surface area contributed by atoms with Crippen molar-refractivity contribution in [1.82, 2.24) is 0 Å². The summed E-state index contributed by atoms with van der Waals surface area (Å²) in [6.07, 6.45) is 2.89. The van der Waals surface area contributed by atoms with Crippen molar-refractivity contribution in [1.29, 1.82) is 0 Å². The molecule has 0 heterocycles. The highest BCUT2D eigenvalue weighted by molar-refractivity contribution is 7.99. The Hall–Kier alpha value is -0.180. The highest BCUT2D eigenvalue weighted by Gasteiger charge is 2.35. The molecule has 0 saturated heterocycles. The summed E-state index contributed by atoms with van der Waals surface area (Å²) < 4.78 is 4.88. The molecule has 0 amide bonds. The van der Waals surface area contributed by atoms with Crippen molar-refractivity contribution in [3.63, 3.8) is 0 Å². The van der Waals surface area contributed by atoms with Crippen molar-refractivity contribution in [2.24, 2.45) is 5.41 Å². The zero-order chi connectivity index (χ0) is 10.7. The fourth-order valence-electron chi connectivity index (χ4n) is 1.48. The number of thioether (sulfide) groups is 1. The number of carbonyl (C=O) groups excluding carboxylic acids is 1. The maximum absolute atomic E-state index is 11.4. The standard InChI is InChI=1S/C10H20O2S/c1-9(2,8(11)12-5)7-10(3,4)13-6/h7H2,1-6H3. The molecule has 0 aliphatic carbocycles. The van der Waals surface area contributed by atoms with Crippen LogP contribution in [0.4, 0.5) is 0 Å². The van der Waals surface area contributed by atoms with Gasteiger partial charge in [0.05, 0.1) is 12.5 Å². The van der Waals surface area contributed by atoms with Gasteiger partial charge in [0.25, 0.3) is 0 Å². The second-order valence-corrected chi connectivity index (χ2v) is 6.03.